The highest BCUT2D eigenvalue weighted by molar-refractivity contribution is 6.28. The number of rotatable bonds is 4. The van der Waals surface area contributed by atoms with Crippen molar-refractivity contribution < 1.29 is 0 Å². The van der Waals surface area contributed by atoms with E-state index in [1.54, 1.807) is 0 Å². The first-order chi connectivity index (χ1) is 22.3. The van der Waals surface area contributed by atoms with E-state index in [1.165, 1.54) is 71.4 Å². The number of fused-ring (bicyclic) bond motifs is 7. The Morgan fingerprint density at radius 3 is 1.58 bits per heavy atom. The standard InChI is InChI=1S/C43H30N2/c1-29-12-5-6-17-35(29)31-22-24-33(25-23-31)44-38-20-9-7-18-36(38)42-40(44)26-27-41-43(42)37-19-8-10-21-39(37)45(41)34-16-11-15-32(28-34)30-13-3-2-4-14-30/h2-28H,1H3. The Kier molecular flexibility index (Phi) is 5.76. The number of para-hydroxylation sites is 2. The third-order valence-corrected chi connectivity index (χ3v) is 9.26. The van der Waals surface area contributed by atoms with Gasteiger partial charge in [0.2, 0.25) is 0 Å². The molecule has 0 fully saturated rings. The van der Waals surface area contributed by atoms with Crippen molar-refractivity contribution in [2.24, 2.45) is 0 Å². The van der Waals surface area contributed by atoms with Gasteiger partial charge in [0.25, 0.3) is 0 Å². The van der Waals surface area contributed by atoms with Crippen LogP contribution in [0.2, 0.25) is 0 Å². The average molecular weight is 575 g/mol. The van der Waals surface area contributed by atoms with Gasteiger partial charge >= 0.3 is 0 Å². The van der Waals surface area contributed by atoms with Crippen molar-refractivity contribution in [1.82, 2.24) is 9.13 Å². The summed E-state index contributed by atoms with van der Waals surface area (Å²) in [6, 6.07) is 59.4. The highest BCUT2D eigenvalue weighted by atomic mass is 15.0. The monoisotopic (exact) mass is 574 g/mol. The number of aromatic nitrogens is 2. The lowest BCUT2D eigenvalue weighted by atomic mass is 10.0. The fraction of sp³-hybridized carbons (Fsp3) is 0.0233. The molecule has 9 aromatic rings. The van der Waals surface area contributed by atoms with E-state index < -0.39 is 0 Å². The molecule has 0 aliphatic heterocycles. The predicted octanol–water partition coefficient (Wildman–Crippen LogP) is 11.5. The van der Waals surface area contributed by atoms with E-state index in [2.05, 4.69) is 180 Å². The number of hydrogen-bond donors (Lipinski definition) is 0. The minimum Gasteiger partial charge on any atom is -0.309 e. The summed E-state index contributed by atoms with van der Waals surface area (Å²) in [7, 11) is 0. The van der Waals surface area contributed by atoms with Crippen molar-refractivity contribution in [2.45, 2.75) is 6.92 Å². The molecular weight excluding hydrogens is 544 g/mol. The molecule has 2 aromatic heterocycles. The molecule has 0 bridgehead atoms. The zero-order chi connectivity index (χ0) is 29.9. The number of aryl methyl sites for hydroxylation is 1. The topological polar surface area (TPSA) is 9.86 Å². The van der Waals surface area contributed by atoms with E-state index in [9.17, 15) is 0 Å². The van der Waals surface area contributed by atoms with Gasteiger partial charge in [-0.05, 0) is 83.3 Å². The van der Waals surface area contributed by atoms with Gasteiger partial charge in [-0.15, -0.1) is 0 Å². The zero-order valence-corrected chi connectivity index (χ0v) is 25.0. The Morgan fingerprint density at radius 2 is 0.911 bits per heavy atom. The Labute approximate surface area is 262 Å². The van der Waals surface area contributed by atoms with E-state index in [-0.39, 0.29) is 0 Å². The van der Waals surface area contributed by atoms with Crippen LogP contribution in [0.3, 0.4) is 0 Å². The van der Waals surface area contributed by atoms with E-state index in [4.69, 9.17) is 0 Å². The van der Waals surface area contributed by atoms with Crippen LogP contribution >= 0.6 is 0 Å². The van der Waals surface area contributed by atoms with Gasteiger partial charge in [0.05, 0.1) is 22.1 Å². The molecule has 0 saturated heterocycles. The van der Waals surface area contributed by atoms with Crippen molar-refractivity contribution in [3.63, 3.8) is 0 Å². The smallest absolute Gasteiger partial charge is 0.0548 e. The van der Waals surface area contributed by atoms with Crippen molar-refractivity contribution in [1.29, 1.82) is 0 Å². The van der Waals surface area contributed by atoms with Crippen LogP contribution in [-0.4, -0.2) is 9.13 Å². The van der Waals surface area contributed by atoms with Gasteiger partial charge in [0, 0.05) is 32.9 Å². The fourth-order valence-corrected chi connectivity index (χ4v) is 7.22. The third-order valence-electron chi connectivity index (χ3n) is 9.26. The maximum Gasteiger partial charge on any atom is 0.0548 e. The molecular formula is C43H30N2. The minimum atomic E-state index is 1.16. The Bertz CT molecular complexity index is 2530. The minimum absolute atomic E-state index is 1.16. The van der Waals surface area contributed by atoms with Crippen LogP contribution in [0.25, 0.3) is 77.2 Å². The molecule has 0 N–H and O–H groups in total. The molecule has 2 heteroatoms. The zero-order valence-electron chi connectivity index (χ0n) is 25.0. The van der Waals surface area contributed by atoms with Gasteiger partial charge < -0.3 is 9.13 Å². The van der Waals surface area contributed by atoms with E-state index >= 15 is 0 Å². The Balaban J connectivity index is 1.31. The van der Waals surface area contributed by atoms with Gasteiger partial charge in [-0.2, -0.15) is 0 Å². The number of nitrogens with zero attached hydrogens (tertiary/aromatic N) is 2. The quantitative estimate of drug-likeness (QED) is 0.198. The van der Waals surface area contributed by atoms with Gasteiger partial charge in [-0.1, -0.05) is 115 Å². The Hall–Kier alpha value is -5.86. The molecule has 0 atom stereocenters. The van der Waals surface area contributed by atoms with Crippen molar-refractivity contribution in [3.05, 3.63) is 169 Å². The summed E-state index contributed by atoms with van der Waals surface area (Å²) in [5.74, 6) is 0. The van der Waals surface area contributed by atoms with Crippen molar-refractivity contribution >= 4 is 43.6 Å². The van der Waals surface area contributed by atoms with Crippen LogP contribution in [0.4, 0.5) is 0 Å². The Morgan fingerprint density at radius 1 is 0.356 bits per heavy atom. The van der Waals surface area contributed by atoms with Crippen LogP contribution < -0.4 is 0 Å². The molecule has 45 heavy (non-hydrogen) atoms. The second kappa shape index (κ2) is 10.1. The molecule has 0 aliphatic carbocycles. The molecule has 0 radical (unpaired) electrons. The van der Waals surface area contributed by atoms with E-state index in [0.29, 0.717) is 0 Å². The van der Waals surface area contributed by atoms with Crippen LogP contribution in [0.1, 0.15) is 5.56 Å². The first-order valence-electron chi connectivity index (χ1n) is 15.5. The maximum atomic E-state index is 2.43. The third kappa shape index (κ3) is 3.96. The predicted molar refractivity (Wildman–Crippen MR) is 191 cm³/mol. The molecule has 2 nitrogen and oxygen atoms in total. The highest BCUT2D eigenvalue weighted by Gasteiger charge is 2.20. The van der Waals surface area contributed by atoms with Crippen LogP contribution in [0, 0.1) is 6.92 Å². The molecule has 9 rings (SSSR count). The molecule has 0 unspecified atom stereocenters. The lowest BCUT2D eigenvalue weighted by Gasteiger charge is -2.11. The fourth-order valence-electron chi connectivity index (χ4n) is 7.22. The first kappa shape index (κ1) is 25.6. The van der Waals surface area contributed by atoms with Crippen molar-refractivity contribution in [2.75, 3.05) is 0 Å². The highest BCUT2D eigenvalue weighted by Crippen LogP contribution is 2.42. The molecule has 0 spiro atoms. The number of benzene rings is 7. The summed E-state index contributed by atoms with van der Waals surface area (Å²) in [6.07, 6.45) is 0. The summed E-state index contributed by atoms with van der Waals surface area (Å²) >= 11 is 0. The summed E-state index contributed by atoms with van der Waals surface area (Å²) in [6.45, 7) is 2.18. The summed E-state index contributed by atoms with van der Waals surface area (Å²) in [4.78, 5) is 0. The van der Waals surface area contributed by atoms with Gasteiger partial charge in [0.15, 0.2) is 0 Å². The molecule has 0 saturated carbocycles. The van der Waals surface area contributed by atoms with Gasteiger partial charge in [-0.25, -0.2) is 0 Å². The molecule has 7 aromatic carbocycles. The van der Waals surface area contributed by atoms with Crippen LogP contribution in [0.15, 0.2) is 164 Å². The summed E-state index contributed by atoms with van der Waals surface area (Å²) in [5, 5.41) is 5.11. The lowest BCUT2D eigenvalue weighted by molar-refractivity contribution is 1.17. The number of hydrogen-bond acceptors (Lipinski definition) is 0. The first-order valence-corrected chi connectivity index (χ1v) is 15.5. The normalized spacial score (nSPS) is 11.7. The van der Waals surface area contributed by atoms with Crippen LogP contribution in [-0.2, 0) is 0 Å². The van der Waals surface area contributed by atoms with E-state index in [0.717, 1.165) is 11.4 Å². The maximum absolute atomic E-state index is 2.43. The van der Waals surface area contributed by atoms with Crippen LogP contribution in [0.5, 0.6) is 0 Å². The molecule has 212 valence electrons. The molecule has 2 heterocycles. The lowest BCUT2D eigenvalue weighted by Crippen LogP contribution is -1.95. The summed E-state index contributed by atoms with van der Waals surface area (Å²) < 4.78 is 4.85. The van der Waals surface area contributed by atoms with Gasteiger partial charge in [0.1, 0.15) is 0 Å². The second-order valence-electron chi connectivity index (χ2n) is 11.8. The average Bonchev–Trinajstić information content (AvgIpc) is 3.62. The SMILES string of the molecule is Cc1ccccc1-c1ccc(-n2c3ccccc3c3c4c5ccccc5n(-c5cccc(-c6ccccc6)c5)c4ccc32)cc1. The largest absolute Gasteiger partial charge is 0.309 e. The second-order valence-corrected chi connectivity index (χ2v) is 11.8. The van der Waals surface area contributed by atoms with E-state index in [1.807, 2.05) is 0 Å². The van der Waals surface area contributed by atoms with Gasteiger partial charge in [-0.3, -0.25) is 0 Å². The molecule has 0 amide bonds. The van der Waals surface area contributed by atoms with Crippen molar-refractivity contribution in [3.8, 4) is 33.6 Å². The summed E-state index contributed by atoms with van der Waals surface area (Å²) in [5.41, 5.74) is 13.4. The molecule has 0 aliphatic rings.